The molecule has 0 amide bonds. The summed E-state index contributed by atoms with van der Waals surface area (Å²) in [5, 5.41) is 19.2. The highest BCUT2D eigenvalue weighted by Gasteiger charge is 2.17. The summed E-state index contributed by atoms with van der Waals surface area (Å²) in [6.45, 7) is 4.24. The maximum atomic E-state index is 9.90. The molecule has 0 radical (unpaired) electrons. The molecule has 16 heavy (non-hydrogen) atoms. The highest BCUT2D eigenvalue weighted by Crippen LogP contribution is 2.22. The zero-order valence-electron chi connectivity index (χ0n) is 9.93. The molecule has 3 nitrogen and oxygen atoms in total. The Morgan fingerprint density at radius 1 is 1.25 bits per heavy atom. The van der Waals surface area contributed by atoms with Crippen LogP contribution in [0.1, 0.15) is 38.3 Å². The van der Waals surface area contributed by atoms with Crippen LogP contribution in [0, 0.1) is 5.92 Å². The molecule has 2 atom stereocenters. The lowest BCUT2D eigenvalue weighted by molar-refractivity contribution is 0.128. The number of phenolic OH excluding ortho intramolecular Hbond substituents is 1. The minimum Gasteiger partial charge on any atom is -0.508 e. The molecule has 0 aliphatic carbocycles. The maximum Gasteiger partial charge on any atom is 0.115 e. The fourth-order valence-electron chi connectivity index (χ4n) is 1.64. The van der Waals surface area contributed by atoms with Gasteiger partial charge in [0.25, 0.3) is 0 Å². The van der Waals surface area contributed by atoms with Crippen LogP contribution in [0.5, 0.6) is 5.75 Å². The minimum atomic E-state index is -0.552. The highest BCUT2D eigenvalue weighted by atomic mass is 16.3. The second kappa shape index (κ2) is 5.87. The van der Waals surface area contributed by atoms with Crippen molar-refractivity contribution in [2.75, 3.05) is 0 Å². The topological polar surface area (TPSA) is 66.5 Å². The van der Waals surface area contributed by atoms with Gasteiger partial charge in [0.05, 0.1) is 12.1 Å². The van der Waals surface area contributed by atoms with E-state index in [9.17, 15) is 10.2 Å². The monoisotopic (exact) mass is 223 g/mol. The van der Waals surface area contributed by atoms with Crippen molar-refractivity contribution in [1.82, 2.24) is 0 Å². The predicted octanol–water partition coefficient (Wildman–Crippen LogP) is 2.19. The summed E-state index contributed by atoms with van der Waals surface area (Å²) < 4.78 is 0. The Hall–Kier alpha value is -1.06. The lowest BCUT2D eigenvalue weighted by Crippen LogP contribution is -2.26. The molecule has 0 bridgehead atoms. The second-order valence-corrected chi connectivity index (χ2v) is 4.66. The zero-order valence-corrected chi connectivity index (χ0v) is 9.93. The molecule has 1 aromatic carbocycles. The van der Waals surface area contributed by atoms with Gasteiger partial charge in [-0.3, -0.25) is 0 Å². The molecule has 0 aromatic heterocycles. The molecular formula is C13H21NO2. The van der Waals surface area contributed by atoms with E-state index in [0.29, 0.717) is 12.3 Å². The van der Waals surface area contributed by atoms with Crippen molar-refractivity contribution in [3.63, 3.8) is 0 Å². The van der Waals surface area contributed by atoms with E-state index in [1.165, 1.54) is 0 Å². The smallest absolute Gasteiger partial charge is 0.115 e. The van der Waals surface area contributed by atoms with Crippen molar-refractivity contribution in [3.05, 3.63) is 29.8 Å². The molecule has 90 valence electrons. The number of aliphatic hydroxyl groups excluding tert-OH is 1. The minimum absolute atomic E-state index is 0.184. The van der Waals surface area contributed by atoms with Gasteiger partial charge in [0.2, 0.25) is 0 Å². The van der Waals surface area contributed by atoms with Crippen molar-refractivity contribution < 1.29 is 10.2 Å². The number of nitrogens with two attached hydrogens (primary N) is 1. The van der Waals surface area contributed by atoms with Crippen LogP contribution < -0.4 is 5.73 Å². The zero-order chi connectivity index (χ0) is 12.1. The van der Waals surface area contributed by atoms with E-state index in [1.54, 1.807) is 18.2 Å². The van der Waals surface area contributed by atoms with Crippen molar-refractivity contribution in [2.45, 2.75) is 38.8 Å². The SMILES string of the molecule is CC(C)CC[C@H](O)[C@H](N)c1cccc(O)c1. The second-order valence-electron chi connectivity index (χ2n) is 4.66. The summed E-state index contributed by atoms with van der Waals surface area (Å²) in [6, 6.07) is 6.33. The first-order chi connectivity index (χ1) is 7.50. The molecule has 0 aliphatic heterocycles. The molecule has 3 heteroatoms. The van der Waals surface area contributed by atoms with Gasteiger partial charge in [-0.25, -0.2) is 0 Å². The lowest BCUT2D eigenvalue weighted by atomic mass is 9.96. The third-order valence-corrected chi connectivity index (χ3v) is 2.71. The quantitative estimate of drug-likeness (QED) is 0.717. The van der Waals surface area contributed by atoms with Crippen molar-refractivity contribution in [2.24, 2.45) is 11.7 Å². The standard InChI is InChI=1S/C13H21NO2/c1-9(2)6-7-12(16)13(14)10-4-3-5-11(15)8-10/h3-5,8-9,12-13,15-16H,6-7,14H2,1-2H3/t12-,13+/m0/s1. The van der Waals surface area contributed by atoms with E-state index in [-0.39, 0.29) is 5.75 Å². The number of aliphatic hydroxyl groups is 1. The van der Waals surface area contributed by atoms with Crippen LogP contribution in [0.15, 0.2) is 24.3 Å². The van der Waals surface area contributed by atoms with Gasteiger partial charge in [-0.2, -0.15) is 0 Å². The molecule has 1 rings (SSSR count). The van der Waals surface area contributed by atoms with Gasteiger partial charge in [0.15, 0.2) is 0 Å². The maximum absolute atomic E-state index is 9.90. The predicted molar refractivity (Wildman–Crippen MR) is 65.1 cm³/mol. The van der Waals surface area contributed by atoms with E-state index >= 15 is 0 Å². The van der Waals surface area contributed by atoms with E-state index < -0.39 is 12.1 Å². The van der Waals surface area contributed by atoms with Gasteiger partial charge in [-0.1, -0.05) is 26.0 Å². The number of phenols is 1. The Labute approximate surface area is 96.9 Å². The van der Waals surface area contributed by atoms with Crippen LogP contribution in [-0.4, -0.2) is 16.3 Å². The Balaban J connectivity index is 2.59. The van der Waals surface area contributed by atoms with Crippen LogP contribution in [-0.2, 0) is 0 Å². The van der Waals surface area contributed by atoms with Gasteiger partial charge in [-0.15, -0.1) is 0 Å². The summed E-state index contributed by atoms with van der Waals surface area (Å²) in [5.41, 5.74) is 6.71. The van der Waals surface area contributed by atoms with Crippen molar-refractivity contribution in [1.29, 1.82) is 0 Å². The molecule has 0 saturated heterocycles. The number of rotatable bonds is 5. The van der Waals surface area contributed by atoms with E-state index in [2.05, 4.69) is 13.8 Å². The molecule has 0 fully saturated rings. The molecule has 0 heterocycles. The van der Waals surface area contributed by atoms with E-state index in [0.717, 1.165) is 12.0 Å². The molecule has 4 N–H and O–H groups in total. The van der Waals surface area contributed by atoms with Gasteiger partial charge < -0.3 is 15.9 Å². The normalized spacial score (nSPS) is 15.1. The first kappa shape index (κ1) is 13.0. The molecule has 1 aromatic rings. The van der Waals surface area contributed by atoms with Crippen molar-refractivity contribution >= 4 is 0 Å². The summed E-state index contributed by atoms with van der Waals surface area (Å²) in [5.74, 6) is 0.745. The third-order valence-electron chi connectivity index (χ3n) is 2.71. The van der Waals surface area contributed by atoms with Gasteiger partial charge in [-0.05, 0) is 36.5 Å². The van der Waals surface area contributed by atoms with E-state index in [1.807, 2.05) is 6.07 Å². The number of hydrogen-bond donors (Lipinski definition) is 3. The van der Waals surface area contributed by atoms with Gasteiger partial charge in [0, 0.05) is 0 Å². The summed E-state index contributed by atoms with van der Waals surface area (Å²) in [7, 11) is 0. The van der Waals surface area contributed by atoms with Gasteiger partial charge in [0.1, 0.15) is 5.75 Å². The fraction of sp³-hybridized carbons (Fsp3) is 0.538. The Morgan fingerprint density at radius 2 is 1.94 bits per heavy atom. The average molecular weight is 223 g/mol. The molecule has 0 saturated carbocycles. The number of benzene rings is 1. The van der Waals surface area contributed by atoms with Crippen molar-refractivity contribution in [3.8, 4) is 5.75 Å². The average Bonchev–Trinajstić information content (AvgIpc) is 2.24. The summed E-state index contributed by atoms with van der Waals surface area (Å²) >= 11 is 0. The molecular weight excluding hydrogens is 202 g/mol. The Bertz CT molecular complexity index is 325. The number of aromatic hydroxyl groups is 1. The summed E-state index contributed by atoms with van der Waals surface area (Å²) in [6.07, 6.45) is 1.09. The van der Waals surface area contributed by atoms with Crippen LogP contribution in [0.3, 0.4) is 0 Å². The first-order valence-electron chi connectivity index (χ1n) is 5.73. The van der Waals surface area contributed by atoms with E-state index in [4.69, 9.17) is 5.73 Å². The van der Waals surface area contributed by atoms with Crippen LogP contribution in [0.2, 0.25) is 0 Å². The summed E-state index contributed by atoms with van der Waals surface area (Å²) in [4.78, 5) is 0. The fourth-order valence-corrected chi connectivity index (χ4v) is 1.64. The third kappa shape index (κ3) is 3.83. The van der Waals surface area contributed by atoms with Crippen LogP contribution >= 0.6 is 0 Å². The van der Waals surface area contributed by atoms with Crippen LogP contribution in [0.4, 0.5) is 0 Å². The Kier molecular flexibility index (Phi) is 4.77. The molecule has 0 unspecified atom stereocenters. The highest BCUT2D eigenvalue weighted by molar-refractivity contribution is 5.29. The number of hydrogen-bond acceptors (Lipinski definition) is 3. The molecule has 0 spiro atoms. The largest absolute Gasteiger partial charge is 0.508 e. The molecule has 0 aliphatic rings. The van der Waals surface area contributed by atoms with Crippen LogP contribution in [0.25, 0.3) is 0 Å². The van der Waals surface area contributed by atoms with Gasteiger partial charge >= 0.3 is 0 Å². The lowest BCUT2D eigenvalue weighted by Gasteiger charge is -2.20. The Morgan fingerprint density at radius 3 is 2.50 bits per heavy atom. The first-order valence-corrected chi connectivity index (χ1v) is 5.73.